The van der Waals surface area contributed by atoms with Gasteiger partial charge < -0.3 is 10.6 Å². The van der Waals surface area contributed by atoms with Crippen molar-refractivity contribution in [2.24, 2.45) is 5.73 Å². The van der Waals surface area contributed by atoms with Crippen LogP contribution in [0.25, 0.3) is 0 Å². The third-order valence-electron chi connectivity index (χ3n) is 3.24. The number of benzene rings is 2. The topological polar surface area (TPSA) is 29.3 Å². The maximum absolute atomic E-state index is 6.34. The highest BCUT2D eigenvalue weighted by molar-refractivity contribution is 6.33. The minimum atomic E-state index is -0.0110. The van der Waals surface area contributed by atoms with E-state index in [4.69, 9.17) is 28.9 Å². The lowest BCUT2D eigenvalue weighted by molar-refractivity contribution is 0.817. The van der Waals surface area contributed by atoms with Crippen molar-refractivity contribution in [3.8, 4) is 0 Å². The molecule has 0 heterocycles. The standard InChI is InChI=1S/C16H18Cl2N2/c1-11(19)13-5-8-16(15(18)9-13)20(2)10-12-3-6-14(17)7-4-12/h3-9,11H,10,19H2,1-2H3/t11-/m0/s1. The maximum atomic E-state index is 6.34. The molecule has 2 aromatic carbocycles. The number of anilines is 1. The predicted octanol–water partition coefficient (Wildman–Crippen LogP) is 4.65. The average molecular weight is 309 g/mol. The highest BCUT2D eigenvalue weighted by atomic mass is 35.5. The molecule has 0 radical (unpaired) electrons. The minimum absolute atomic E-state index is 0.0110. The fourth-order valence-corrected chi connectivity index (χ4v) is 2.52. The molecular weight excluding hydrogens is 291 g/mol. The summed E-state index contributed by atoms with van der Waals surface area (Å²) >= 11 is 12.2. The van der Waals surface area contributed by atoms with Crippen molar-refractivity contribution in [2.45, 2.75) is 19.5 Å². The molecule has 0 unspecified atom stereocenters. The van der Waals surface area contributed by atoms with Crippen LogP contribution in [-0.2, 0) is 6.54 Å². The van der Waals surface area contributed by atoms with Gasteiger partial charge in [-0.05, 0) is 42.3 Å². The van der Waals surface area contributed by atoms with Crippen LogP contribution in [0.2, 0.25) is 10.0 Å². The SMILES string of the molecule is C[C@H](N)c1ccc(N(C)Cc2ccc(Cl)cc2)c(Cl)c1. The molecule has 0 aromatic heterocycles. The van der Waals surface area contributed by atoms with Crippen LogP contribution < -0.4 is 10.6 Å². The predicted molar refractivity (Wildman–Crippen MR) is 87.6 cm³/mol. The van der Waals surface area contributed by atoms with E-state index in [9.17, 15) is 0 Å². The maximum Gasteiger partial charge on any atom is 0.0642 e. The van der Waals surface area contributed by atoms with E-state index in [-0.39, 0.29) is 6.04 Å². The summed E-state index contributed by atoms with van der Waals surface area (Å²) in [5.74, 6) is 0. The minimum Gasteiger partial charge on any atom is -0.369 e. The number of halogens is 2. The van der Waals surface area contributed by atoms with Gasteiger partial charge in [0, 0.05) is 24.7 Å². The van der Waals surface area contributed by atoms with Crippen molar-refractivity contribution in [1.29, 1.82) is 0 Å². The zero-order chi connectivity index (χ0) is 14.7. The Bertz CT molecular complexity index is 580. The molecule has 0 saturated heterocycles. The van der Waals surface area contributed by atoms with Gasteiger partial charge in [0.25, 0.3) is 0 Å². The number of hydrogen-bond acceptors (Lipinski definition) is 2. The Morgan fingerprint density at radius 2 is 1.75 bits per heavy atom. The molecule has 0 aliphatic heterocycles. The van der Waals surface area contributed by atoms with Crippen molar-refractivity contribution in [1.82, 2.24) is 0 Å². The molecule has 2 nitrogen and oxygen atoms in total. The Kier molecular flexibility index (Phi) is 4.92. The Morgan fingerprint density at radius 3 is 2.30 bits per heavy atom. The second-order valence-corrected chi connectivity index (χ2v) is 5.83. The molecule has 0 aliphatic carbocycles. The van der Waals surface area contributed by atoms with Crippen molar-refractivity contribution in [3.63, 3.8) is 0 Å². The van der Waals surface area contributed by atoms with Gasteiger partial charge in [-0.15, -0.1) is 0 Å². The number of nitrogens with two attached hydrogens (primary N) is 1. The fraction of sp³-hybridized carbons (Fsp3) is 0.250. The lowest BCUT2D eigenvalue weighted by atomic mass is 10.1. The highest BCUT2D eigenvalue weighted by Gasteiger charge is 2.09. The highest BCUT2D eigenvalue weighted by Crippen LogP contribution is 2.28. The Morgan fingerprint density at radius 1 is 1.10 bits per heavy atom. The first-order valence-corrected chi connectivity index (χ1v) is 7.23. The summed E-state index contributed by atoms with van der Waals surface area (Å²) in [6, 6.07) is 13.8. The van der Waals surface area contributed by atoms with E-state index in [1.165, 1.54) is 5.56 Å². The molecule has 0 aliphatic rings. The van der Waals surface area contributed by atoms with E-state index < -0.39 is 0 Å². The van der Waals surface area contributed by atoms with Gasteiger partial charge in [-0.2, -0.15) is 0 Å². The third-order valence-corrected chi connectivity index (χ3v) is 3.80. The molecule has 1 atom stereocenters. The van der Waals surface area contributed by atoms with Gasteiger partial charge in [-0.25, -0.2) is 0 Å². The summed E-state index contributed by atoms with van der Waals surface area (Å²) in [5, 5.41) is 1.46. The molecule has 20 heavy (non-hydrogen) atoms. The first-order chi connectivity index (χ1) is 9.47. The molecule has 0 spiro atoms. The zero-order valence-corrected chi connectivity index (χ0v) is 13.1. The van der Waals surface area contributed by atoms with Crippen molar-refractivity contribution < 1.29 is 0 Å². The fourth-order valence-electron chi connectivity index (χ4n) is 2.06. The van der Waals surface area contributed by atoms with Gasteiger partial charge in [0.1, 0.15) is 0 Å². The average Bonchev–Trinajstić information content (AvgIpc) is 2.41. The zero-order valence-electron chi connectivity index (χ0n) is 11.6. The molecule has 0 fully saturated rings. The summed E-state index contributed by atoms with van der Waals surface area (Å²) in [7, 11) is 2.02. The molecule has 0 amide bonds. The first-order valence-electron chi connectivity index (χ1n) is 6.48. The van der Waals surface area contributed by atoms with E-state index in [0.29, 0.717) is 0 Å². The first kappa shape index (κ1) is 15.2. The van der Waals surface area contributed by atoms with Gasteiger partial charge >= 0.3 is 0 Å². The summed E-state index contributed by atoms with van der Waals surface area (Å²) in [6.45, 7) is 2.72. The van der Waals surface area contributed by atoms with Gasteiger partial charge in [-0.1, -0.05) is 41.4 Å². The molecule has 4 heteroatoms. The van der Waals surface area contributed by atoms with Crippen LogP contribution in [0.5, 0.6) is 0 Å². The number of rotatable bonds is 4. The Balaban J connectivity index is 2.16. The van der Waals surface area contributed by atoms with Crippen molar-refractivity contribution in [3.05, 3.63) is 63.6 Å². The van der Waals surface area contributed by atoms with Gasteiger partial charge in [-0.3, -0.25) is 0 Å². The van der Waals surface area contributed by atoms with Crippen LogP contribution in [-0.4, -0.2) is 7.05 Å². The van der Waals surface area contributed by atoms with Crippen LogP contribution in [0.1, 0.15) is 24.1 Å². The van der Waals surface area contributed by atoms with Gasteiger partial charge in [0.15, 0.2) is 0 Å². The van der Waals surface area contributed by atoms with Gasteiger partial charge in [0.05, 0.1) is 10.7 Å². The van der Waals surface area contributed by atoms with Crippen LogP contribution in [0, 0.1) is 0 Å². The summed E-state index contributed by atoms with van der Waals surface area (Å²) in [5.41, 5.74) is 9.08. The molecule has 106 valence electrons. The lowest BCUT2D eigenvalue weighted by Gasteiger charge is -2.21. The van der Waals surface area contributed by atoms with E-state index in [0.717, 1.165) is 27.8 Å². The normalized spacial score (nSPS) is 12.2. The Hall–Kier alpha value is -1.22. The van der Waals surface area contributed by atoms with Crippen molar-refractivity contribution in [2.75, 3.05) is 11.9 Å². The number of nitrogens with zero attached hydrogens (tertiary/aromatic N) is 1. The monoisotopic (exact) mass is 308 g/mol. The Labute approximate surface area is 130 Å². The second-order valence-electron chi connectivity index (χ2n) is 4.98. The van der Waals surface area contributed by atoms with E-state index in [1.807, 2.05) is 56.4 Å². The summed E-state index contributed by atoms with van der Waals surface area (Å²) in [6.07, 6.45) is 0. The van der Waals surface area contributed by atoms with Crippen LogP contribution in [0.3, 0.4) is 0 Å². The van der Waals surface area contributed by atoms with E-state index in [1.54, 1.807) is 0 Å². The van der Waals surface area contributed by atoms with Crippen LogP contribution >= 0.6 is 23.2 Å². The quantitative estimate of drug-likeness (QED) is 0.891. The molecule has 2 aromatic rings. The summed E-state index contributed by atoms with van der Waals surface area (Å²) in [4.78, 5) is 2.11. The largest absolute Gasteiger partial charge is 0.369 e. The molecule has 0 bridgehead atoms. The molecule has 2 rings (SSSR count). The lowest BCUT2D eigenvalue weighted by Crippen LogP contribution is -2.17. The number of hydrogen-bond donors (Lipinski definition) is 1. The summed E-state index contributed by atoms with van der Waals surface area (Å²) < 4.78 is 0. The van der Waals surface area contributed by atoms with Crippen LogP contribution in [0.15, 0.2) is 42.5 Å². The van der Waals surface area contributed by atoms with Crippen LogP contribution in [0.4, 0.5) is 5.69 Å². The molecular formula is C16H18Cl2N2. The van der Waals surface area contributed by atoms with Crippen molar-refractivity contribution >= 4 is 28.9 Å². The van der Waals surface area contributed by atoms with E-state index >= 15 is 0 Å². The van der Waals surface area contributed by atoms with Gasteiger partial charge in [0.2, 0.25) is 0 Å². The molecule has 0 saturated carbocycles. The molecule has 2 N–H and O–H groups in total. The smallest absolute Gasteiger partial charge is 0.0642 e. The third kappa shape index (κ3) is 3.66. The second kappa shape index (κ2) is 6.49. The van der Waals surface area contributed by atoms with E-state index in [2.05, 4.69) is 4.90 Å².